The van der Waals surface area contributed by atoms with Crippen LogP contribution in [-0.4, -0.2) is 130 Å². The molecule has 1 amide bonds. The van der Waals surface area contributed by atoms with Crippen LogP contribution in [0.4, 0.5) is 4.79 Å². The molecule has 0 saturated heterocycles. The zero-order valence-electron chi connectivity index (χ0n) is 29.0. The van der Waals surface area contributed by atoms with E-state index in [1.165, 1.54) is 17.5 Å². The average molecular weight is 665 g/mol. The molecule has 4 aliphatic carbocycles. The second-order valence-electron chi connectivity index (χ2n) is 14.7. The number of aliphatic imine (C=N–C) groups is 1. The summed E-state index contributed by atoms with van der Waals surface area (Å²) in [5.41, 5.74) is 11.7. The van der Waals surface area contributed by atoms with Crippen molar-refractivity contribution in [3.63, 3.8) is 0 Å². The van der Waals surface area contributed by atoms with Gasteiger partial charge in [-0.2, -0.15) is 5.10 Å². The minimum atomic E-state index is -1.75. The topological polar surface area (TPSA) is 197 Å². The highest BCUT2D eigenvalue weighted by molar-refractivity contribution is 5.89. The molecule has 10 atom stereocenters. The lowest BCUT2D eigenvalue weighted by Gasteiger charge is -2.57. The van der Waals surface area contributed by atoms with Gasteiger partial charge < -0.3 is 45.8 Å². The molecule has 268 valence electrons. The number of nitrogens with two attached hydrogens (primary N) is 1. The van der Waals surface area contributed by atoms with E-state index in [-0.39, 0.29) is 23.5 Å². The average Bonchev–Trinajstić information content (AvgIpc) is 3.39. The number of rotatable bonds is 13. The van der Waals surface area contributed by atoms with Crippen molar-refractivity contribution in [1.82, 2.24) is 15.2 Å². The molecule has 0 aromatic rings. The predicted molar refractivity (Wildman–Crippen MR) is 181 cm³/mol. The first-order valence-corrected chi connectivity index (χ1v) is 17.6. The Bertz CT molecular complexity index is 1160. The molecule has 0 radical (unpaired) electrons. The van der Waals surface area contributed by atoms with E-state index in [2.05, 4.69) is 54.2 Å². The number of fused-ring (bicyclic) bond motifs is 5. The quantitative estimate of drug-likeness (QED) is 0.0655. The number of aliphatic hydroxyl groups excluding tert-OH is 5. The maximum Gasteiger partial charge on any atom is 0.409 e. The van der Waals surface area contributed by atoms with Crippen LogP contribution < -0.4 is 11.2 Å². The number of hydrazone groups is 1. The van der Waals surface area contributed by atoms with Gasteiger partial charge in [-0.05, 0) is 81.2 Å². The van der Waals surface area contributed by atoms with Gasteiger partial charge in [0.05, 0.1) is 19.7 Å². The maximum absolute atomic E-state index is 13.1. The minimum Gasteiger partial charge on any atom is -0.446 e. The van der Waals surface area contributed by atoms with E-state index in [9.17, 15) is 25.2 Å². The third kappa shape index (κ3) is 8.13. The van der Waals surface area contributed by atoms with Crippen molar-refractivity contribution < 1.29 is 35.1 Å². The fourth-order valence-electron chi connectivity index (χ4n) is 8.99. The van der Waals surface area contributed by atoms with Crippen molar-refractivity contribution in [2.75, 3.05) is 46.4 Å². The summed E-state index contributed by atoms with van der Waals surface area (Å²) in [7, 11) is 1.47. The Morgan fingerprint density at radius 2 is 1.79 bits per heavy atom. The summed E-state index contributed by atoms with van der Waals surface area (Å²) in [5.74, 6) is 1.88. The first kappa shape index (κ1) is 37.5. The summed E-state index contributed by atoms with van der Waals surface area (Å²) in [4.78, 5) is 21.0. The van der Waals surface area contributed by atoms with Crippen molar-refractivity contribution >= 4 is 17.8 Å². The Morgan fingerprint density at radius 1 is 1.09 bits per heavy atom. The number of ether oxygens (including phenoxy) is 1. The lowest BCUT2D eigenvalue weighted by Crippen LogP contribution is -2.52. The van der Waals surface area contributed by atoms with Crippen molar-refractivity contribution in [1.29, 1.82) is 0 Å². The Morgan fingerprint density at radius 3 is 2.47 bits per heavy atom. The summed E-state index contributed by atoms with van der Waals surface area (Å²) in [6.07, 6.45) is 2.64. The van der Waals surface area contributed by atoms with Gasteiger partial charge in [-0.1, -0.05) is 39.3 Å². The molecule has 4 rings (SSSR count). The number of carbonyl (C=O) groups is 1. The summed E-state index contributed by atoms with van der Waals surface area (Å²) in [6.45, 7) is 11.4. The predicted octanol–water partition coefficient (Wildman–Crippen LogP) is 1.42. The van der Waals surface area contributed by atoms with E-state index in [0.717, 1.165) is 76.7 Å². The third-order valence-corrected chi connectivity index (χ3v) is 12.1. The van der Waals surface area contributed by atoms with Gasteiger partial charge in [0.15, 0.2) is 0 Å². The molecule has 0 bridgehead atoms. The van der Waals surface area contributed by atoms with E-state index >= 15 is 0 Å². The lowest BCUT2D eigenvalue weighted by atomic mass is 9.48. The third-order valence-electron chi connectivity index (χ3n) is 12.1. The van der Waals surface area contributed by atoms with E-state index in [1.807, 2.05) is 0 Å². The number of nitrogens with zero attached hydrogens (tertiary/aromatic N) is 4. The van der Waals surface area contributed by atoms with E-state index in [4.69, 9.17) is 15.6 Å². The maximum atomic E-state index is 13.1. The SMILES string of the molecule is CCN(CC)CCN=C(N)NN=C1CCC2(C)C(=CCC3C2CCC2(C)C(OC(=O)N(C)CC(O)C(O)C(O)C(O)CO)CCC32)C1. The molecule has 0 heterocycles. The number of allylic oxidation sites excluding steroid dienone is 2. The van der Waals surface area contributed by atoms with E-state index in [0.29, 0.717) is 30.3 Å². The number of hydrogen-bond donors (Lipinski definition) is 7. The highest BCUT2D eigenvalue weighted by atomic mass is 16.6. The Balaban J connectivity index is 1.34. The number of aliphatic hydroxyl groups is 5. The van der Waals surface area contributed by atoms with Crippen LogP contribution in [0.25, 0.3) is 0 Å². The fourth-order valence-corrected chi connectivity index (χ4v) is 8.99. The molecule has 0 aliphatic heterocycles. The van der Waals surface area contributed by atoms with Crippen LogP contribution in [0.2, 0.25) is 0 Å². The Hall–Kier alpha value is -2.29. The molecular weight excluding hydrogens is 604 g/mol. The second-order valence-corrected chi connectivity index (χ2v) is 14.7. The van der Waals surface area contributed by atoms with Crippen molar-refractivity contribution in [3.8, 4) is 0 Å². The summed E-state index contributed by atoms with van der Waals surface area (Å²) in [6, 6.07) is 0. The number of nitrogens with one attached hydrogen (secondary N) is 1. The molecule has 0 aromatic heterocycles. The zero-order valence-corrected chi connectivity index (χ0v) is 29.0. The molecule has 10 unspecified atom stereocenters. The molecule has 4 aliphatic rings. The van der Waals surface area contributed by atoms with Gasteiger partial charge in [0.2, 0.25) is 5.96 Å². The van der Waals surface area contributed by atoms with Crippen LogP contribution in [0.3, 0.4) is 0 Å². The van der Waals surface area contributed by atoms with Gasteiger partial charge in [-0.3, -0.25) is 4.99 Å². The second kappa shape index (κ2) is 15.9. The van der Waals surface area contributed by atoms with Crippen LogP contribution in [0.1, 0.15) is 79.1 Å². The highest BCUT2D eigenvalue weighted by Crippen LogP contribution is 2.65. The summed E-state index contributed by atoms with van der Waals surface area (Å²) in [5, 5.41) is 53.7. The molecular formula is C34H60N6O7. The number of amides is 1. The van der Waals surface area contributed by atoms with Crippen molar-refractivity contribution in [2.45, 2.75) is 110 Å². The highest BCUT2D eigenvalue weighted by Gasteiger charge is 2.59. The number of hydrogen-bond acceptors (Lipinski definition) is 10. The molecule has 13 nitrogen and oxygen atoms in total. The smallest absolute Gasteiger partial charge is 0.409 e. The zero-order chi connectivity index (χ0) is 34.5. The van der Waals surface area contributed by atoms with Crippen LogP contribution in [0.15, 0.2) is 21.7 Å². The molecule has 13 heteroatoms. The molecule has 0 aromatic carbocycles. The van der Waals surface area contributed by atoms with Crippen molar-refractivity contribution in [2.24, 2.45) is 44.4 Å². The number of guanidine groups is 1. The Labute approximate surface area is 279 Å². The van der Waals surface area contributed by atoms with Crippen LogP contribution in [0.5, 0.6) is 0 Å². The fraction of sp³-hybridized carbons (Fsp3) is 0.853. The standard InChI is InChI=1S/C34H60N6O7/c1-6-40(7-2)17-16-36-31(35)38-37-22-12-14-33(3)21(18-22)8-9-23-24-10-11-28(34(24,4)15-13-25(23)33)47-32(46)39(5)19-26(42)29(44)30(45)27(43)20-41/h8,23-30,41-45H,6-7,9-20H2,1-5H3,(H3,35,36,38). The molecule has 3 saturated carbocycles. The van der Waals surface area contributed by atoms with Gasteiger partial charge in [0, 0.05) is 31.1 Å². The molecule has 47 heavy (non-hydrogen) atoms. The monoisotopic (exact) mass is 664 g/mol. The largest absolute Gasteiger partial charge is 0.446 e. The van der Waals surface area contributed by atoms with E-state index in [1.54, 1.807) is 0 Å². The van der Waals surface area contributed by atoms with Gasteiger partial charge in [-0.25, -0.2) is 10.2 Å². The molecule has 3 fully saturated rings. The van der Waals surface area contributed by atoms with Gasteiger partial charge in [-0.15, -0.1) is 0 Å². The first-order chi connectivity index (χ1) is 22.3. The molecule has 8 N–H and O–H groups in total. The summed E-state index contributed by atoms with van der Waals surface area (Å²) < 4.78 is 6.06. The summed E-state index contributed by atoms with van der Waals surface area (Å²) >= 11 is 0. The van der Waals surface area contributed by atoms with Crippen molar-refractivity contribution in [3.05, 3.63) is 11.6 Å². The van der Waals surface area contributed by atoms with Gasteiger partial charge in [0.25, 0.3) is 0 Å². The normalized spacial score (nSPS) is 34.1. The van der Waals surface area contributed by atoms with Gasteiger partial charge in [0.1, 0.15) is 30.5 Å². The van der Waals surface area contributed by atoms with Crippen LogP contribution >= 0.6 is 0 Å². The van der Waals surface area contributed by atoms with E-state index < -0.39 is 37.1 Å². The van der Waals surface area contributed by atoms with Crippen LogP contribution in [-0.2, 0) is 4.74 Å². The first-order valence-electron chi connectivity index (χ1n) is 17.6. The lowest BCUT2D eigenvalue weighted by molar-refractivity contribution is -0.119. The number of likely N-dealkylation sites (N-methyl/N-ethyl adjacent to an activating group) is 2. The van der Waals surface area contributed by atoms with Gasteiger partial charge >= 0.3 is 6.09 Å². The van der Waals surface area contributed by atoms with Crippen LogP contribution in [0, 0.1) is 28.6 Å². The number of carbonyl (C=O) groups excluding carboxylic acids is 1. The Kier molecular flexibility index (Phi) is 12.7. The minimum absolute atomic E-state index is 0.118. The molecule has 0 spiro atoms.